The van der Waals surface area contributed by atoms with E-state index in [0.29, 0.717) is 12.1 Å². The largest absolute Gasteiger partial charge is 0.493 e. The van der Waals surface area contributed by atoms with Gasteiger partial charge in [-0.2, -0.15) is 0 Å². The molecule has 0 aromatic heterocycles. The summed E-state index contributed by atoms with van der Waals surface area (Å²) in [6, 6.07) is 15.5. The Morgan fingerprint density at radius 2 is 1.89 bits per heavy atom. The van der Waals surface area contributed by atoms with Crippen LogP contribution in [0.5, 0.6) is 11.5 Å². The van der Waals surface area contributed by atoms with Crippen LogP contribution in [0.2, 0.25) is 0 Å². The van der Waals surface area contributed by atoms with Crippen LogP contribution in [0.1, 0.15) is 36.8 Å². The average molecular weight is 381 g/mol. The topological polar surface area (TPSA) is 33.7 Å². The van der Waals surface area contributed by atoms with Gasteiger partial charge in [-0.05, 0) is 62.3 Å². The van der Waals surface area contributed by atoms with E-state index in [1.165, 1.54) is 29.7 Å². The number of nitrogens with one attached hydrogen (secondary N) is 1. The van der Waals surface area contributed by atoms with Crippen LogP contribution >= 0.6 is 0 Å². The fraction of sp³-hybridized carbons (Fsp3) is 0.500. The molecule has 1 N–H and O–H groups in total. The molecule has 4 heteroatoms. The van der Waals surface area contributed by atoms with E-state index >= 15 is 0 Å². The summed E-state index contributed by atoms with van der Waals surface area (Å²) in [7, 11) is 1.72. The summed E-state index contributed by atoms with van der Waals surface area (Å²) in [5, 5.41) is 3.69. The van der Waals surface area contributed by atoms with E-state index in [2.05, 4.69) is 59.6 Å². The van der Waals surface area contributed by atoms with E-state index in [1.807, 2.05) is 0 Å². The van der Waals surface area contributed by atoms with Crippen LogP contribution in [-0.2, 0) is 6.42 Å². The number of benzene rings is 2. The maximum Gasteiger partial charge on any atom is 0.163 e. The molecule has 4 nitrogen and oxygen atoms in total. The van der Waals surface area contributed by atoms with Crippen molar-refractivity contribution in [1.29, 1.82) is 0 Å². The molecule has 1 aliphatic heterocycles. The van der Waals surface area contributed by atoms with Crippen molar-refractivity contribution in [1.82, 2.24) is 5.32 Å². The highest BCUT2D eigenvalue weighted by atomic mass is 16.5. The molecule has 28 heavy (non-hydrogen) atoms. The molecule has 1 atom stereocenters. The number of hydrogen-bond donors (Lipinski definition) is 1. The maximum absolute atomic E-state index is 6.30. The molecule has 1 aliphatic carbocycles. The Balaban J connectivity index is 1.47. The van der Waals surface area contributed by atoms with Gasteiger partial charge in [0.05, 0.1) is 13.2 Å². The summed E-state index contributed by atoms with van der Waals surface area (Å²) in [4.78, 5) is 2.47. The number of ether oxygens (including phenoxy) is 2. The van der Waals surface area contributed by atoms with E-state index in [4.69, 9.17) is 9.47 Å². The van der Waals surface area contributed by atoms with Gasteiger partial charge in [0.2, 0.25) is 0 Å². The first-order valence-electron chi connectivity index (χ1n) is 10.6. The monoisotopic (exact) mass is 380 g/mol. The Labute approximate surface area is 168 Å². The van der Waals surface area contributed by atoms with Crippen molar-refractivity contribution in [3.63, 3.8) is 0 Å². The molecule has 1 unspecified atom stereocenters. The molecule has 2 aliphatic rings. The van der Waals surface area contributed by atoms with Gasteiger partial charge in [0, 0.05) is 37.4 Å². The van der Waals surface area contributed by atoms with Crippen LogP contribution in [0, 0.1) is 6.92 Å². The Morgan fingerprint density at radius 1 is 1.07 bits per heavy atom. The number of rotatable bonds is 6. The van der Waals surface area contributed by atoms with Gasteiger partial charge in [-0.3, -0.25) is 0 Å². The van der Waals surface area contributed by atoms with Gasteiger partial charge < -0.3 is 19.7 Å². The molecular formula is C24H32N2O2. The van der Waals surface area contributed by atoms with Gasteiger partial charge in [-0.15, -0.1) is 0 Å². The van der Waals surface area contributed by atoms with Crippen molar-refractivity contribution in [3.05, 3.63) is 53.6 Å². The molecule has 2 aromatic rings. The predicted molar refractivity (Wildman–Crippen MR) is 115 cm³/mol. The Morgan fingerprint density at radius 3 is 2.68 bits per heavy atom. The number of piperazine rings is 1. The second kappa shape index (κ2) is 8.87. The number of methoxy groups -OCH3 is 1. The fourth-order valence-electron chi connectivity index (χ4n) is 4.44. The van der Waals surface area contributed by atoms with Gasteiger partial charge >= 0.3 is 0 Å². The highest BCUT2D eigenvalue weighted by Crippen LogP contribution is 2.35. The summed E-state index contributed by atoms with van der Waals surface area (Å²) >= 11 is 0. The molecule has 0 bridgehead atoms. The first-order valence-corrected chi connectivity index (χ1v) is 10.6. The Hall–Kier alpha value is -2.20. The lowest BCUT2D eigenvalue weighted by Crippen LogP contribution is -2.51. The predicted octanol–water partition coefficient (Wildman–Crippen LogP) is 4.35. The maximum atomic E-state index is 6.30. The van der Waals surface area contributed by atoms with Crippen molar-refractivity contribution in [3.8, 4) is 11.5 Å². The van der Waals surface area contributed by atoms with Crippen molar-refractivity contribution in [2.45, 2.75) is 51.2 Å². The first kappa shape index (κ1) is 19.1. The Bertz CT molecular complexity index is 786. The van der Waals surface area contributed by atoms with Gasteiger partial charge in [-0.25, -0.2) is 0 Å². The highest BCUT2D eigenvalue weighted by molar-refractivity contribution is 5.57. The van der Waals surface area contributed by atoms with Crippen molar-refractivity contribution >= 4 is 5.69 Å². The molecular weight excluding hydrogens is 348 g/mol. The summed E-state index contributed by atoms with van der Waals surface area (Å²) in [6.07, 6.45) is 6.24. The normalized spacial score (nSPS) is 20.4. The lowest BCUT2D eigenvalue weighted by atomic mass is 9.99. The molecule has 0 radical (unpaired) electrons. The minimum Gasteiger partial charge on any atom is -0.493 e. The third-order valence-electron chi connectivity index (χ3n) is 6.09. The minimum absolute atomic E-state index is 0.334. The molecule has 4 rings (SSSR count). The molecule has 1 heterocycles. The average Bonchev–Trinajstić information content (AvgIpc) is 3.23. The van der Waals surface area contributed by atoms with Crippen molar-refractivity contribution < 1.29 is 9.47 Å². The summed E-state index contributed by atoms with van der Waals surface area (Å²) in [5.74, 6) is 1.73. The lowest BCUT2D eigenvalue weighted by Gasteiger charge is -2.36. The summed E-state index contributed by atoms with van der Waals surface area (Å²) in [6.45, 7) is 5.22. The molecule has 1 saturated carbocycles. The number of nitrogens with zero attached hydrogens (tertiary/aromatic N) is 1. The van der Waals surface area contributed by atoms with Crippen LogP contribution in [0.3, 0.4) is 0 Å². The highest BCUT2D eigenvalue weighted by Gasteiger charge is 2.23. The van der Waals surface area contributed by atoms with Crippen molar-refractivity contribution in [2.75, 3.05) is 31.6 Å². The number of aryl methyl sites for hydroxylation is 1. The molecule has 0 amide bonds. The van der Waals surface area contributed by atoms with Crippen molar-refractivity contribution in [2.24, 2.45) is 0 Å². The second-order valence-corrected chi connectivity index (χ2v) is 8.09. The van der Waals surface area contributed by atoms with E-state index in [9.17, 15) is 0 Å². The zero-order valence-corrected chi connectivity index (χ0v) is 17.1. The molecule has 150 valence electrons. The number of anilines is 1. The van der Waals surface area contributed by atoms with Gasteiger partial charge in [0.1, 0.15) is 0 Å². The van der Waals surface area contributed by atoms with Crippen LogP contribution in [0.4, 0.5) is 5.69 Å². The third kappa shape index (κ3) is 4.44. The summed E-state index contributed by atoms with van der Waals surface area (Å²) in [5.41, 5.74) is 4.03. The van der Waals surface area contributed by atoms with Gasteiger partial charge in [0.15, 0.2) is 11.5 Å². The zero-order valence-electron chi connectivity index (χ0n) is 17.1. The van der Waals surface area contributed by atoms with Gasteiger partial charge in [0.25, 0.3) is 0 Å². The minimum atomic E-state index is 0.334. The van der Waals surface area contributed by atoms with E-state index in [-0.39, 0.29) is 0 Å². The molecule has 1 saturated heterocycles. The first-order chi connectivity index (χ1) is 13.7. The van der Waals surface area contributed by atoms with E-state index in [0.717, 1.165) is 50.4 Å². The Kier molecular flexibility index (Phi) is 6.06. The second-order valence-electron chi connectivity index (χ2n) is 8.09. The number of hydrogen-bond acceptors (Lipinski definition) is 4. The zero-order chi connectivity index (χ0) is 19.3. The quantitative estimate of drug-likeness (QED) is 0.808. The van der Waals surface area contributed by atoms with E-state index in [1.54, 1.807) is 7.11 Å². The molecule has 0 spiro atoms. The SMILES string of the molecule is COc1ccc(N2CCNC(Cc3ccccc3C)C2)cc1OC1CCCC1. The summed E-state index contributed by atoms with van der Waals surface area (Å²) < 4.78 is 11.9. The van der Waals surface area contributed by atoms with Crippen LogP contribution in [-0.4, -0.2) is 38.9 Å². The van der Waals surface area contributed by atoms with Crippen LogP contribution in [0.15, 0.2) is 42.5 Å². The van der Waals surface area contributed by atoms with E-state index < -0.39 is 0 Å². The van der Waals surface area contributed by atoms with Gasteiger partial charge in [-0.1, -0.05) is 24.3 Å². The molecule has 2 fully saturated rings. The lowest BCUT2D eigenvalue weighted by molar-refractivity contribution is 0.201. The smallest absolute Gasteiger partial charge is 0.163 e. The van der Waals surface area contributed by atoms with Crippen LogP contribution in [0.25, 0.3) is 0 Å². The fourth-order valence-corrected chi connectivity index (χ4v) is 4.44. The third-order valence-corrected chi connectivity index (χ3v) is 6.09. The van der Waals surface area contributed by atoms with Crippen LogP contribution < -0.4 is 19.7 Å². The molecule has 2 aromatic carbocycles. The standard InChI is InChI=1S/C24H32N2O2/c1-18-7-3-4-8-19(18)15-20-17-26(14-13-25-20)21-11-12-23(27-2)24(16-21)28-22-9-5-6-10-22/h3-4,7-8,11-12,16,20,22,25H,5-6,9-10,13-15,17H2,1-2H3.